The Labute approximate surface area is 130 Å². The molecule has 0 spiro atoms. The number of carbonyl (C=O) groups excluding carboxylic acids is 1. The molecule has 19 heavy (non-hydrogen) atoms. The molecule has 6 atom stereocenters. The van der Waals surface area contributed by atoms with Crippen LogP contribution in [0.15, 0.2) is 0 Å². The number of carbonyl (C=O) groups is 1. The maximum atomic E-state index is 10.5. The van der Waals surface area contributed by atoms with Crippen molar-refractivity contribution in [2.45, 2.75) is 36.8 Å². The number of rotatable bonds is 5. The molecule has 0 radical (unpaired) electrons. The molecule has 0 unspecified atom stereocenters. The van der Waals surface area contributed by atoms with Gasteiger partial charge in [-0.05, 0) is 0 Å². The zero-order chi connectivity index (χ0) is 13.9. The summed E-state index contributed by atoms with van der Waals surface area (Å²) in [6.07, 6.45) is -9.56. The van der Waals surface area contributed by atoms with E-state index in [1.807, 2.05) is 0 Å². The zero-order valence-electron chi connectivity index (χ0n) is 10.2. The minimum atomic E-state index is -1.76. The molecule has 106 valence electrons. The van der Waals surface area contributed by atoms with E-state index >= 15 is 0 Å². The van der Waals surface area contributed by atoms with Gasteiger partial charge in [0.2, 0.25) is 0 Å². The average Bonchev–Trinajstić information content (AvgIpc) is 2.35. The smallest absolute Gasteiger partial charge is 0.547 e. The molecule has 0 aromatic rings. The van der Waals surface area contributed by atoms with Crippen LogP contribution in [0.1, 0.15) is 0 Å². The number of ether oxygens (including phenoxy) is 2. The molecule has 0 bridgehead atoms. The maximum Gasteiger partial charge on any atom is 1.00 e. The summed E-state index contributed by atoms with van der Waals surface area (Å²) in [7, 11) is 0. The van der Waals surface area contributed by atoms with Crippen LogP contribution in [-0.2, 0) is 14.3 Å². The van der Waals surface area contributed by atoms with Crippen molar-refractivity contribution >= 4 is 5.97 Å². The molecule has 1 aliphatic heterocycles. The second kappa shape index (κ2) is 8.47. The van der Waals surface area contributed by atoms with E-state index < -0.39 is 56.0 Å². The van der Waals surface area contributed by atoms with Gasteiger partial charge in [0.15, 0.2) is 6.29 Å². The third-order valence-electron chi connectivity index (χ3n) is 2.58. The molecule has 10 heteroatoms. The molecule has 0 saturated carbocycles. The SMILES string of the molecule is O=C([O-])[C@@H](CO)O[C@H]1O[C@H](CO)[C@@H](O)[C@H](O)[C@@H]1O.[Na+]. The summed E-state index contributed by atoms with van der Waals surface area (Å²) in [6.45, 7) is -1.59. The van der Waals surface area contributed by atoms with Crippen LogP contribution in [0.4, 0.5) is 0 Å². The molecular formula is C9H15NaO9. The van der Waals surface area contributed by atoms with Crippen LogP contribution < -0.4 is 34.7 Å². The van der Waals surface area contributed by atoms with E-state index in [2.05, 4.69) is 0 Å². The first-order valence-electron chi connectivity index (χ1n) is 5.20. The number of aliphatic hydroxyl groups excluding tert-OH is 5. The van der Waals surface area contributed by atoms with E-state index in [4.69, 9.17) is 19.7 Å². The summed E-state index contributed by atoms with van der Waals surface area (Å²) in [5.41, 5.74) is 0. The van der Waals surface area contributed by atoms with Gasteiger partial charge in [-0.15, -0.1) is 0 Å². The molecule has 1 fully saturated rings. The summed E-state index contributed by atoms with van der Waals surface area (Å²) in [5, 5.41) is 56.4. The number of hydrogen-bond donors (Lipinski definition) is 5. The van der Waals surface area contributed by atoms with Gasteiger partial charge in [0.25, 0.3) is 0 Å². The summed E-state index contributed by atoms with van der Waals surface area (Å²) in [5.74, 6) is -1.73. The fraction of sp³-hybridized carbons (Fsp3) is 0.889. The van der Waals surface area contributed by atoms with E-state index in [1.165, 1.54) is 0 Å². The minimum absolute atomic E-state index is 0. The molecule has 0 aliphatic carbocycles. The van der Waals surface area contributed by atoms with E-state index in [1.54, 1.807) is 0 Å². The van der Waals surface area contributed by atoms with Crippen molar-refractivity contribution in [1.29, 1.82) is 0 Å². The topological polar surface area (TPSA) is 160 Å². The standard InChI is InChI=1S/C9H16O9.Na/c10-1-3-5(12)6(13)7(14)9(17-3)18-4(2-11)8(15)16;/h3-7,9-14H,1-2H2,(H,15,16);/q;+1/p-1/t3-,4-,5-,6+,7+,9-;/m1./s1. The van der Waals surface area contributed by atoms with Gasteiger partial charge < -0.3 is 44.9 Å². The first-order chi connectivity index (χ1) is 8.42. The van der Waals surface area contributed by atoms with Crippen molar-refractivity contribution < 1.29 is 74.5 Å². The Morgan fingerprint density at radius 1 is 1.21 bits per heavy atom. The molecule has 1 aliphatic rings. The number of aliphatic hydroxyl groups is 5. The Kier molecular flexibility index (Phi) is 8.56. The zero-order valence-corrected chi connectivity index (χ0v) is 12.2. The van der Waals surface area contributed by atoms with Crippen LogP contribution >= 0.6 is 0 Å². The Morgan fingerprint density at radius 2 is 1.79 bits per heavy atom. The van der Waals surface area contributed by atoms with Crippen LogP contribution in [0.3, 0.4) is 0 Å². The van der Waals surface area contributed by atoms with Crippen LogP contribution in [0.5, 0.6) is 0 Å². The second-order valence-corrected chi connectivity index (χ2v) is 3.82. The Hall–Kier alpha value is 0.190. The number of hydrogen-bond acceptors (Lipinski definition) is 9. The van der Waals surface area contributed by atoms with Crippen molar-refractivity contribution in [3.05, 3.63) is 0 Å². The molecule has 5 N–H and O–H groups in total. The third-order valence-corrected chi connectivity index (χ3v) is 2.58. The van der Waals surface area contributed by atoms with E-state index in [-0.39, 0.29) is 29.6 Å². The minimum Gasteiger partial charge on any atom is -0.547 e. The molecule has 1 saturated heterocycles. The van der Waals surface area contributed by atoms with Gasteiger partial charge >= 0.3 is 29.6 Å². The van der Waals surface area contributed by atoms with Crippen molar-refractivity contribution in [2.75, 3.05) is 13.2 Å². The van der Waals surface area contributed by atoms with Crippen LogP contribution in [0.2, 0.25) is 0 Å². The Bertz CT molecular complexity index is 287. The van der Waals surface area contributed by atoms with E-state index in [9.17, 15) is 25.2 Å². The molecule has 9 nitrogen and oxygen atoms in total. The first kappa shape index (κ1) is 19.2. The Morgan fingerprint density at radius 3 is 2.21 bits per heavy atom. The summed E-state index contributed by atoms with van der Waals surface area (Å²) in [4.78, 5) is 10.5. The number of carboxylic acid groups (broad SMARTS) is 1. The second-order valence-electron chi connectivity index (χ2n) is 3.82. The van der Waals surface area contributed by atoms with Crippen LogP contribution in [-0.4, -0.2) is 81.5 Å². The predicted molar refractivity (Wildman–Crippen MR) is 50.7 cm³/mol. The third kappa shape index (κ3) is 4.60. The van der Waals surface area contributed by atoms with Gasteiger partial charge in [0.1, 0.15) is 30.5 Å². The predicted octanol–water partition coefficient (Wildman–Crippen LogP) is -8.08. The van der Waals surface area contributed by atoms with Gasteiger partial charge in [-0.25, -0.2) is 0 Å². The van der Waals surface area contributed by atoms with Crippen molar-refractivity contribution in [3.8, 4) is 0 Å². The monoisotopic (exact) mass is 290 g/mol. The van der Waals surface area contributed by atoms with Crippen molar-refractivity contribution in [1.82, 2.24) is 0 Å². The van der Waals surface area contributed by atoms with Crippen molar-refractivity contribution in [2.24, 2.45) is 0 Å². The summed E-state index contributed by atoms with van der Waals surface area (Å²) >= 11 is 0. The van der Waals surface area contributed by atoms with Gasteiger partial charge in [-0.2, -0.15) is 0 Å². The van der Waals surface area contributed by atoms with Crippen molar-refractivity contribution in [3.63, 3.8) is 0 Å². The van der Waals surface area contributed by atoms with Crippen LogP contribution in [0, 0.1) is 0 Å². The van der Waals surface area contributed by atoms with Gasteiger partial charge in [0, 0.05) is 0 Å². The van der Waals surface area contributed by atoms with Gasteiger partial charge in [-0.1, -0.05) is 0 Å². The maximum absolute atomic E-state index is 10.5. The summed E-state index contributed by atoms with van der Waals surface area (Å²) in [6, 6.07) is 0. The first-order valence-corrected chi connectivity index (χ1v) is 5.20. The fourth-order valence-electron chi connectivity index (χ4n) is 1.51. The molecule has 1 heterocycles. The average molecular weight is 290 g/mol. The number of aliphatic carboxylic acids is 1. The van der Waals surface area contributed by atoms with Crippen LogP contribution in [0.25, 0.3) is 0 Å². The largest absolute Gasteiger partial charge is 1.00 e. The summed E-state index contributed by atoms with van der Waals surface area (Å²) < 4.78 is 9.58. The molecular weight excluding hydrogens is 275 g/mol. The Balaban J connectivity index is 0.00000324. The number of carboxylic acids is 1. The fourth-order valence-corrected chi connectivity index (χ4v) is 1.51. The van der Waals surface area contributed by atoms with E-state index in [0.717, 1.165) is 0 Å². The quantitative estimate of drug-likeness (QED) is 0.310. The normalized spacial score (nSPS) is 36.4. The van der Waals surface area contributed by atoms with Gasteiger partial charge in [0.05, 0.1) is 19.2 Å². The molecule has 1 rings (SSSR count). The molecule has 0 aromatic carbocycles. The van der Waals surface area contributed by atoms with E-state index in [0.29, 0.717) is 0 Å². The molecule has 0 aromatic heterocycles. The molecule has 0 amide bonds. The van der Waals surface area contributed by atoms with Gasteiger partial charge in [-0.3, -0.25) is 0 Å².